The third-order valence-corrected chi connectivity index (χ3v) is 4.18. The quantitative estimate of drug-likeness (QED) is 0.867. The van der Waals surface area contributed by atoms with Gasteiger partial charge in [-0.25, -0.2) is 0 Å². The molecule has 2 N–H and O–H groups in total. The van der Waals surface area contributed by atoms with Crippen LogP contribution in [0.15, 0.2) is 30.5 Å². The van der Waals surface area contributed by atoms with Gasteiger partial charge in [0, 0.05) is 51.1 Å². The predicted molar refractivity (Wildman–Crippen MR) is 83.0 cm³/mol. The summed E-state index contributed by atoms with van der Waals surface area (Å²) in [5.41, 5.74) is 8.96. The van der Waals surface area contributed by atoms with Crippen molar-refractivity contribution in [3.8, 4) is 0 Å². The van der Waals surface area contributed by atoms with Crippen LogP contribution in [0.5, 0.6) is 0 Å². The normalized spacial score (nSPS) is 23.0. The number of nitrogen functional groups attached to an aromatic ring is 1. The fourth-order valence-electron chi connectivity index (χ4n) is 3.02. The van der Waals surface area contributed by atoms with E-state index in [1.54, 1.807) is 14.2 Å². The van der Waals surface area contributed by atoms with Gasteiger partial charge in [-0.3, -0.25) is 9.88 Å². The second kappa shape index (κ2) is 5.97. The van der Waals surface area contributed by atoms with Gasteiger partial charge in [0.15, 0.2) is 0 Å². The number of nitrogens with two attached hydrogens (primary N) is 1. The minimum atomic E-state index is 0.128. The molecule has 3 rings (SSSR count). The Kier molecular flexibility index (Phi) is 4.05. The summed E-state index contributed by atoms with van der Waals surface area (Å²) < 4.78 is 11.0. The van der Waals surface area contributed by atoms with Crippen LogP contribution in [0.2, 0.25) is 0 Å². The first-order valence-electron chi connectivity index (χ1n) is 7.13. The zero-order valence-electron chi connectivity index (χ0n) is 12.5. The van der Waals surface area contributed by atoms with Crippen LogP contribution in [0.4, 0.5) is 5.69 Å². The molecular formula is C16H21N3O2. The standard InChI is InChI=1S/C16H21N3O2/c1-20-14-9-19(10-15(14)21-2)8-11-5-6-13(17)12-4-3-7-18-16(11)12/h3-7,14-15H,8-10,17H2,1-2H3. The number of hydrogen-bond acceptors (Lipinski definition) is 5. The molecule has 2 aromatic rings. The van der Waals surface area contributed by atoms with E-state index in [4.69, 9.17) is 15.2 Å². The number of aromatic nitrogens is 1. The Hall–Kier alpha value is -1.69. The van der Waals surface area contributed by atoms with E-state index in [2.05, 4.69) is 16.0 Å². The van der Waals surface area contributed by atoms with E-state index < -0.39 is 0 Å². The van der Waals surface area contributed by atoms with Crippen LogP contribution in [0, 0.1) is 0 Å². The molecule has 0 spiro atoms. The number of hydrogen-bond donors (Lipinski definition) is 1. The first kappa shape index (κ1) is 14.3. The Morgan fingerprint density at radius 2 is 1.90 bits per heavy atom. The summed E-state index contributed by atoms with van der Waals surface area (Å²) >= 11 is 0. The van der Waals surface area contributed by atoms with Gasteiger partial charge in [0.2, 0.25) is 0 Å². The average molecular weight is 287 g/mol. The Balaban J connectivity index is 1.85. The lowest BCUT2D eigenvalue weighted by Gasteiger charge is -2.16. The lowest BCUT2D eigenvalue weighted by Crippen LogP contribution is -2.27. The number of fused-ring (bicyclic) bond motifs is 1. The van der Waals surface area contributed by atoms with Gasteiger partial charge < -0.3 is 15.2 Å². The Morgan fingerprint density at radius 1 is 1.19 bits per heavy atom. The van der Waals surface area contributed by atoms with Crippen molar-refractivity contribution in [3.63, 3.8) is 0 Å². The zero-order valence-corrected chi connectivity index (χ0v) is 12.5. The highest BCUT2D eigenvalue weighted by Gasteiger charge is 2.32. The van der Waals surface area contributed by atoms with Gasteiger partial charge in [-0.1, -0.05) is 6.07 Å². The molecule has 0 radical (unpaired) electrons. The molecule has 2 heterocycles. The second-order valence-electron chi connectivity index (χ2n) is 5.46. The highest BCUT2D eigenvalue weighted by atomic mass is 16.5. The Bertz CT molecular complexity index is 620. The Morgan fingerprint density at radius 3 is 2.57 bits per heavy atom. The van der Waals surface area contributed by atoms with Crippen LogP contribution >= 0.6 is 0 Å². The van der Waals surface area contributed by atoms with Crippen molar-refractivity contribution < 1.29 is 9.47 Å². The predicted octanol–water partition coefficient (Wildman–Crippen LogP) is 1.66. The minimum Gasteiger partial charge on any atom is -0.398 e. The van der Waals surface area contributed by atoms with Crippen LogP contribution in [-0.4, -0.2) is 49.4 Å². The van der Waals surface area contributed by atoms with Gasteiger partial charge in [0.25, 0.3) is 0 Å². The lowest BCUT2D eigenvalue weighted by molar-refractivity contribution is -0.00461. The zero-order chi connectivity index (χ0) is 14.8. The molecule has 1 saturated heterocycles. The molecule has 1 aromatic carbocycles. The van der Waals surface area contributed by atoms with Crippen LogP contribution in [-0.2, 0) is 16.0 Å². The molecule has 1 aliphatic rings. The molecule has 5 nitrogen and oxygen atoms in total. The van der Waals surface area contributed by atoms with Gasteiger partial charge in [-0.2, -0.15) is 0 Å². The van der Waals surface area contributed by atoms with Crippen molar-refractivity contribution in [2.75, 3.05) is 33.0 Å². The number of nitrogens with zero attached hydrogens (tertiary/aromatic N) is 2. The number of benzene rings is 1. The summed E-state index contributed by atoms with van der Waals surface area (Å²) in [4.78, 5) is 6.83. The fraction of sp³-hybridized carbons (Fsp3) is 0.438. The van der Waals surface area contributed by atoms with Crippen LogP contribution in [0.1, 0.15) is 5.56 Å². The molecule has 0 bridgehead atoms. The summed E-state index contributed by atoms with van der Waals surface area (Å²) in [5, 5.41) is 1.01. The first-order valence-corrected chi connectivity index (χ1v) is 7.13. The molecule has 0 saturated carbocycles. The summed E-state index contributed by atoms with van der Waals surface area (Å²) in [7, 11) is 3.47. The molecule has 0 aliphatic carbocycles. The number of rotatable bonds is 4. The summed E-state index contributed by atoms with van der Waals surface area (Å²) in [6.45, 7) is 2.56. The minimum absolute atomic E-state index is 0.128. The largest absolute Gasteiger partial charge is 0.398 e. The molecule has 2 unspecified atom stereocenters. The summed E-state index contributed by atoms with van der Waals surface area (Å²) in [6, 6.07) is 7.95. The van der Waals surface area contributed by atoms with Crippen molar-refractivity contribution in [2.24, 2.45) is 0 Å². The maximum Gasteiger partial charge on any atom is 0.0971 e. The molecule has 112 valence electrons. The van der Waals surface area contributed by atoms with E-state index in [0.29, 0.717) is 0 Å². The number of pyridine rings is 1. The van der Waals surface area contributed by atoms with E-state index in [1.807, 2.05) is 24.4 Å². The van der Waals surface area contributed by atoms with Crippen molar-refractivity contribution in [3.05, 3.63) is 36.0 Å². The van der Waals surface area contributed by atoms with Crippen molar-refractivity contribution in [1.82, 2.24) is 9.88 Å². The van der Waals surface area contributed by atoms with Gasteiger partial charge in [0.1, 0.15) is 0 Å². The summed E-state index contributed by atoms with van der Waals surface area (Å²) in [6.07, 6.45) is 2.07. The topological polar surface area (TPSA) is 60.6 Å². The molecule has 2 atom stereocenters. The van der Waals surface area contributed by atoms with E-state index in [1.165, 1.54) is 5.56 Å². The SMILES string of the molecule is COC1CN(Cc2ccc(N)c3cccnc23)CC1OC. The van der Waals surface area contributed by atoms with E-state index in [-0.39, 0.29) is 12.2 Å². The number of methoxy groups -OCH3 is 2. The van der Waals surface area contributed by atoms with Crippen LogP contribution in [0.25, 0.3) is 10.9 Å². The molecule has 1 aliphatic heterocycles. The van der Waals surface area contributed by atoms with Gasteiger partial charge in [-0.15, -0.1) is 0 Å². The Labute approximate surface area is 124 Å². The molecule has 1 aromatic heterocycles. The van der Waals surface area contributed by atoms with E-state index in [9.17, 15) is 0 Å². The third-order valence-electron chi connectivity index (χ3n) is 4.18. The second-order valence-corrected chi connectivity index (χ2v) is 5.46. The van der Waals surface area contributed by atoms with Gasteiger partial charge >= 0.3 is 0 Å². The van der Waals surface area contributed by atoms with Crippen LogP contribution < -0.4 is 5.73 Å². The maximum atomic E-state index is 6.03. The van der Waals surface area contributed by atoms with E-state index in [0.717, 1.165) is 36.2 Å². The first-order chi connectivity index (χ1) is 10.2. The monoisotopic (exact) mass is 287 g/mol. The van der Waals surface area contributed by atoms with E-state index >= 15 is 0 Å². The average Bonchev–Trinajstić information content (AvgIpc) is 2.92. The number of likely N-dealkylation sites (tertiary alicyclic amines) is 1. The summed E-state index contributed by atoms with van der Waals surface area (Å²) in [5.74, 6) is 0. The molecule has 5 heteroatoms. The molecule has 0 amide bonds. The lowest BCUT2D eigenvalue weighted by atomic mass is 10.1. The molecular weight excluding hydrogens is 266 g/mol. The van der Waals surface area contributed by atoms with Crippen LogP contribution in [0.3, 0.4) is 0 Å². The number of anilines is 1. The van der Waals surface area contributed by atoms with Gasteiger partial charge in [-0.05, 0) is 23.8 Å². The molecule has 21 heavy (non-hydrogen) atoms. The smallest absolute Gasteiger partial charge is 0.0971 e. The fourth-order valence-corrected chi connectivity index (χ4v) is 3.02. The van der Waals surface area contributed by atoms with Crippen molar-refractivity contribution >= 4 is 16.6 Å². The van der Waals surface area contributed by atoms with Crippen molar-refractivity contribution in [1.29, 1.82) is 0 Å². The maximum absolute atomic E-state index is 6.03. The van der Waals surface area contributed by atoms with Gasteiger partial charge in [0.05, 0.1) is 17.7 Å². The third kappa shape index (κ3) is 2.72. The highest BCUT2D eigenvalue weighted by molar-refractivity contribution is 5.92. The van der Waals surface area contributed by atoms with Crippen molar-refractivity contribution in [2.45, 2.75) is 18.8 Å². The number of ether oxygens (including phenoxy) is 2. The molecule has 1 fully saturated rings. The highest BCUT2D eigenvalue weighted by Crippen LogP contribution is 2.25.